The number of carboxylic acids is 1. The maximum atomic E-state index is 10.2. The van der Waals surface area contributed by atoms with E-state index in [1.54, 1.807) is 6.26 Å². The molecule has 0 saturated carbocycles. The number of carbonyl (C=O) groups is 1. The number of hydrogen-bond acceptors (Lipinski definition) is 6. The molecule has 0 saturated heterocycles. The molecule has 0 aliphatic carbocycles. The molecule has 1 N–H and O–H groups in total. The van der Waals surface area contributed by atoms with Crippen LogP contribution in [0.3, 0.4) is 0 Å². The Bertz CT molecular complexity index is 275. The Hall–Kier alpha value is -1.24. The first-order valence-corrected chi connectivity index (χ1v) is 4.27. The lowest BCUT2D eigenvalue weighted by molar-refractivity contribution is -0.136. The highest BCUT2D eigenvalue weighted by Gasteiger charge is 2.04. The molecule has 7 heteroatoms. The third kappa shape index (κ3) is 2.42. The molecule has 1 heterocycles. The van der Waals surface area contributed by atoms with Gasteiger partial charge < -0.3 is 5.11 Å². The van der Waals surface area contributed by atoms with Crippen molar-refractivity contribution in [3.8, 4) is 0 Å². The Labute approximate surface area is 72.4 Å². The van der Waals surface area contributed by atoms with E-state index in [2.05, 4.69) is 20.4 Å². The van der Waals surface area contributed by atoms with Crippen LogP contribution < -0.4 is 0 Å². The van der Waals surface area contributed by atoms with Gasteiger partial charge >= 0.3 is 5.97 Å². The number of rotatable bonds is 3. The summed E-state index contributed by atoms with van der Waals surface area (Å²) in [6.45, 7) is 0. The molecular formula is C5H6N4O2S. The van der Waals surface area contributed by atoms with Gasteiger partial charge in [0.15, 0.2) is 5.82 Å². The van der Waals surface area contributed by atoms with E-state index in [0.29, 0.717) is 5.16 Å². The molecule has 0 atom stereocenters. The number of hydrogen-bond donors (Lipinski definition) is 1. The van der Waals surface area contributed by atoms with Crippen molar-refractivity contribution < 1.29 is 9.90 Å². The van der Waals surface area contributed by atoms with Gasteiger partial charge in [0.25, 0.3) is 0 Å². The topological polar surface area (TPSA) is 88.9 Å². The molecular weight excluding hydrogens is 180 g/mol. The minimum atomic E-state index is -0.990. The summed E-state index contributed by atoms with van der Waals surface area (Å²) in [5.74, 6) is -0.865. The highest BCUT2D eigenvalue weighted by Crippen LogP contribution is 2.02. The minimum Gasteiger partial charge on any atom is -0.481 e. The molecule has 0 fully saturated rings. The molecule has 0 amide bonds. The van der Waals surface area contributed by atoms with Crippen molar-refractivity contribution in [2.24, 2.45) is 0 Å². The first-order valence-electron chi connectivity index (χ1n) is 3.04. The van der Waals surface area contributed by atoms with Crippen LogP contribution in [0.2, 0.25) is 0 Å². The molecule has 0 spiro atoms. The number of nitrogens with zero attached hydrogens (tertiary/aromatic N) is 4. The lowest BCUT2D eigenvalue weighted by Gasteiger charge is -1.93. The summed E-state index contributed by atoms with van der Waals surface area (Å²) in [7, 11) is 0. The van der Waals surface area contributed by atoms with Gasteiger partial charge in [0.2, 0.25) is 5.16 Å². The quantitative estimate of drug-likeness (QED) is 0.643. The van der Waals surface area contributed by atoms with Gasteiger partial charge in [0.05, 0.1) is 0 Å². The fourth-order valence-corrected chi connectivity index (χ4v) is 0.774. The van der Waals surface area contributed by atoms with Crippen LogP contribution in [0.4, 0.5) is 0 Å². The molecule has 0 aromatic carbocycles. The van der Waals surface area contributed by atoms with Gasteiger partial charge in [-0.05, 0) is 6.26 Å². The predicted octanol–water partition coefficient (Wildman–Crippen LogP) is -0.384. The highest BCUT2D eigenvalue weighted by molar-refractivity contribution is 7.98. The maximum absolute atomic E-state index is 10.2. The summed E-state index contributed by atoms with van der Waals surface area (Å²) in [5.41, 5.74) is 0. The summed E-state index contributed by atoms with van der Waals surface area (Å²) in [5, 5.41) is 23.2. The molecule has 0 radical (unpaired) electrons. The van der Waals surface area contributed by atoms with Gasteiger partial charge in [-0.25, -0.2) is 0 Å². The van der Waals surface area contributed by atoms with E-state index in [1.165, 1.54) is 11.8 Å². The van der Waals surface area contributed by atoms with E-state index in [-0.39, 0.29) is 12.2 Å². The Morgan fingerprint density at radius 1 is 1.42 bits per heavy atom. The van der Waals surface area contributed by atoms with Crippen molar-refractivity contribution in [3.63, 3.8) is 0 Å². The zero-order chi connectivity index (χ0) is 8.97. The SMILES string of the molecule is CSc1nnc(CC(=O)O)nn1. The second-order valence-corrected chi connectivity index (χ2v) is 2.65. The fraction of sp³-hybridized carbons (Fsp3) is 0.400. The third-order valence-corrected chi connectivity index (χ3v) is 1.52. The lowest BCUT2D eigenvalue weighted by Crippen LogP contribution is -2.08. The number of aromatic nitrogens is 4. The second-order valence-electron chi connectivity index (χ2n) is 1.87. The van der Waals surface area contributed by atoms with E-state index in [0.717, 1.165) is 0 Å². The maximum Gasteiger partial charge on any atom is 0.311 e. The second kappa shape index (κ2) is 3.96. The summed E-state index contributed by atoms with van der Waals surface area (Å²) >= 11 is 1.30. The van der Waals surface area contributed by atoms with Crippen LogP contribution in [0.15, 0.2) is 5.16 Å². The van der Waals surface area contributed by atoms with Gasteiger partial charge in [-0.3, -0.25) is 4.79 Å². The van der Waals surface area contributed by atoms with Crippen molar-refractivity contribution in [1.29, 1.82) is 0 Å². The lowest BCUT2D eigenvalue weighted by atomic mass is 10.4. The zero-order valence-corrected chi connectivity index (χ0v) is 7.08. The van der Waals surface area contributed by atoms with E-state index < -0.39 is 5.97 Å². The monoisotopic (exact) mass is 186 g/mol. The van der Waals surface area contributed by atoms with E-state index in [1.807, 2.05) is 0 Å². The first-order chi connectivity index (χ1) is 5.72. The molecule has 0 unspecified atom stereocenters. The molecule has 6 nitrogen and oxygen atoms in total. The molecule has 64 valence electrons. The third-order valence-electron chi connectivity index (χ3n) is 0.994. The summed E-state index contributed by atoms with van der Waals surface area (Å²) in [6.07, 6.45) is 1.55. The predicted molar refractivity (Wildman–Crippen MR) is 40.7 cm³/mol. The summed E-state index contributed by atoms with van der Waals surface area (Å²) < 4.78 is 0. The molecule has 0 aliphatic heterocycles. The van der Waals surface area contributed by atoms with Crippen LogP contribution in [0.25, 0.3) is 0 Å². The van der Waals surface area contributed by atoms with Crippen LogP contribution in [0.5, 0.6) is 0 Å². The van der Waals surface area contributed by atoms with Crippen LogP contribution in [-0.4, -0.2) is 37.7 Å². The molecule has 1 rings (SSSR count). The van der Waals surface area contributed by atoms with E-state index >= 15 is 0 Å². The van der Waals surface area contributed by atoms with Crippen molar-refractivity contribution in [1.82, 2.24) is 20.4 Å². The molecule has 1 aromatic rings. The Morgan fingerprint density at radius 2 is 2.00 bits per heavy atom. The van der Waals surface area contributed by atoms with Crippen molar-refractivity contribution in [2.45, 2.75) is 11.6 Å². The van der Waals surface area contributed by atoms with Crippen molar-refractivity contribution in [2.75, 3.05) is 6.26 Å². The highest BCUT2D eigenvalue weighted by atomic mass is 32.2. The zero-order valence-electron chi connectivity index (χ0n) is 6.26. The van der Waals surface area contributed by atoms with E-state index in [4.69, 9.17) is 5.11 Å². The smallest absolute Gasteiger partial charge is 0.311 e. The van der Waals surface area contributed by atoms with E-state index in [9.17, 15) is 4.79 Å². The van der Waals surface area contributed by atoms with Gasteiger partial charge in [-0.15, -0.1) is 20.4 Å². The number of aliphatic carboxylic acids is 1. The van der Waals surface area contributed by atoms with Gasteiger partial charge in [-0.1, -0.05) is 11.8 Å². The van der Waals surface area contributed by atoms with Crippen LogP contribution >= 0.6 is 11.8 Å². The van der Waals surface area contributed by atoms with Gasteiger partial charge in [0.1, 0.15) is 6.42 Å². The summed E-state index contributed by atoms with van der Waals surface area (Å²) in [6, 6.07) is 0. The molecule has 0 aliphatic rings. The van der Waals surface area contributed by atoms with Gasteiger partial charge in [0, 0.05) is 0 Å². The summed E-state index contributed by atoms with van der Waals surface area (Å²) in [4.78, 5) is 10.2. The molecule has 1 aromatic heterocycles. The fourth-order valence-electron chi connectivity index (χ4n) is 0.529. The van der Waals surface area contributed by atoms with Crippen molar-refractivity contribution in [3.05, 3.63) is 5.82 Å². The van der Waals surface area contributed by atoms with Crippen LogP contribution in [-0.2, 0) is 11.2 Å². The van der Waals surface area contributed by atoms with Gasteiger partial charge in [-0.2, -0.15) is 0 Å². The van der Waals surface area contributed by atoms with Crippen molar-refractivity contribution >= 4 is 17.7 Å². The van der Waals surface area contributed by atoms with Crippen LogP contribution in [0.1, 0.15) is 5.82 Å². The van der Waals surface area contributed by atoms with Crippen LogP contribution in [0, 0.1) is 0 Å². The Kier molecular flexibility index (Phi) is 2.92. The molecule has 12 heavy (non-hydrogen) atoms. The first kappa shape index (κ1) is 8.85. The molecule has 0 bridgehead atoms. The largest absolute Gasteiger partial charge is 0.481 e. The number of thioether (sulfide) groups is 1. The average Bonchev–Trinajstić information content (AvgIpc) is 2.05. The number of carboxylic acid groups (broad SMARTS) is 1. The minimum absolute atomic E-state index is 0.125. The standard InChI is InChI=1S/C5H6N4O2S/c1-12-5-8-6-3(7-9-5)2-4(10)11/h2H2,1H3,(H,10,11). The average molecular weight is 186 g/mol. The normalized spacial score (nSPS) is 9.75. The Morgan fingerprint density at radius 3 is 2.42 bits per heavy atom. The Balaban J connectivity index is 2.71.